The predicted octanol–water partition coefficient (Wildman–Crippen LogP) is 0.213. The fourth-order valence-electron chi connectivity index (χ4n) is 2.78. The molecule has 5 nitrogen and oxygen atoms in total. The van der Waals surface area contributed by atoms with Crippen molar-refractivity contribution in [3.05, 3.63) is 0 Å². The molecule has 2 rings (SSSR count). The van der Waals surface area contributed by atoms with Gasteiger partial charge in [-0.1, -0.05) is 0 Å². The molecule has 5 heteroatoms. The number of primary amides is 1. The van der Waals surface area contributed by atoms with E-state index in [0.29, 0.717) is 12.1 Å². The van der Waals surface area contributed by atoms with Gasteiger partial charge in [-0.15, -0.1) is 0 Å². The number of carbonyl (C=O) groups is 1. The highest BCUT2D eigenvalue weighted by atomic mass is 16.2. The number of hydrogen-bond donors (Lipinski definition) is 2. The maximum absolute atomic E-state index is 11.0. The molecular formula is C12H24N4O. The Bertz CT molecular complexity index is 255. The first-order valence-corrected chi connectivity index (χ1v) is 6.64. The summed E-state index contributed by atoms with van der Waals surface area (Å²) >= 11 is 0. The zero-order valence-corrected chi connectivity index (χ0v) is 10.7. The Morgan fingerprint density at radius 2 is 1.53 bits per heavy atom. The van der Waals surface area contributed by atoms with E-state index in [1.807, 2.05) is 0 Å². The van der Waals surface area contributed by atoms with E-state index in [9.17, 15) is 4.79 Å². The van der Waals surface area contributed by atoms with E-state index in [-0.39, 0.29) is 6.03 Å². The molecule has 98 valence electrons. The second kappa shape index (κ2) is 5.69. The second-order valence-electron chi connectivity index (χ2n) is 5.34. The van der Waals surface area contributed by atoms with E-state index in [4.69, 9.17) is 5.73 Å². The van der Waals surface area contributed by atoms with Crippen molar-refractivity contribution >= 4 is 6.03 Å². The Kier molecular flexibility index (Phi) is 4.23. The van der Waals surface area contributed by atoms with Crippen LogP contribution in [0.1, 0.15) is 25.7 Å². The van der Waals surface area contributed by atoms with E-state index in [2.05, 4.69) is 17.3 Å². The van der Waals surface area contributed by atoms with Gasteiger partial charge in [0, 0.05) is 25.2 Å². The number of rotatable bonds is 2. The number of amides is 2. The molecule has 2 fully saturated rings. The van der Waals surface area contributed by atoms with Gasteiger partial charge in [-0.25, -0.2) is 4.79 Å². The Hall–Kier alpha value is -0.810. The molecule has 0 unspecified atom stereocenters. The Morgan fingerprint density at radius 3 is 2.00 bits per heavy atom. The molecule has 2 aliphatic rings. The van der Waals surface area contributed by atoms with E-state index >= 15 is 0 Å². The normalized spacial score (nSPS) is 25.1. The maximum Gasteiger partial charge on any atom is 0.314 e. The lowest BCUT2D eigenvalue weighted by Crippen LogP contribution is -2.51. The van der Waals surface area contributed by atoms with Gasteiger partial charge in [0.05, 0.1) is 0 Å². The fraction of sp³-hybridized carbons (Fsp3) is 0.917. The van der Waals surface area contributed by atoms with Crippen LogP contribution in [0.25, 0.3) is 0 Å². The summed E-state index contributed by atoms with van der Waals surface area (Å²) in [5.74, 6) is 0. The number of carbonyl (C=O) groups excluding carboxylic acids is 1. The van der Waals surface area contributed by atoms with Crippen molar-refractivity contribution in [2.24, 2.45) is 5.73 Å². The summed E-state index contributed by atoms with van der Waals surface area (Å²) in [6.45, 7) is 3.99. The van der Waals surface area contributed by atoms with Crippen molar-refractivity contribution in [2.75, 3.05) is 33.2 Å². The smallest absolute Gasteiger partial charge is 0.314 e. The van der Waals surface area contributed by atoms with Gasteiger partial charge in [-0.05, 0) is 45.8 Å². The highest BCUT2D eigenvalue weighted by Crippen LogP contribution is 2.14. The standard InChI is InChI=1S/C12H24N4O/c1-15-6-2-10(3-7-15)14-11-4-8-16(9-5-11)12(13)17/h10-11,14H,2-9H2,1H3,(H2,13,17). The molecule has 0 aliphatic carbocycles. The number of nitrogens with zero attached hydrogens (tertiary/aromatic N) is 2. The van der Waals surface area contributed by atoms with Gasteiger partial charge in [0.15, 0.2) is 0 Å². The molecule has 0 atom stereocenters. The van der Waals surface area contributed by atoms with Crippen LogP contribution in [0.4, 0.5) is 4.79 Å². The first-order valence-electron chi connectivity index (χ1n) is 6.64. The third-order valence-corrected chi connectivity index (χ3v) is 4.00. The summed E-state index contributed by atoms with van der Waals surface area (Å²) in [6, 6.07) is 0.957. The van der Waals surface area contributed by atoms with Crippen LogP contribution in [-0.4, -0.2) is 61.1 Å². The van der Waals surface area contributed by atoms with Gasteiger partial charge in [-0.3, -0.25) is 0 Å². The molecule has 0 aromatic heterocycles. The molecule has 0 radical (unpaired) electrons. The number of piperidine rings is 2. The van der Waals surface area contributed by atoms with Crippen molar-refractivity contribution in [3.63, 3.8) is 0 Å². The first kappa shape index (κ1) is 12.6. The molecular weight excluding hydrogens is 216 g/mol. The highest BCUT2D eigenvalue weighted by molar-refractivity contribution is 5.72. The lowest BCUT2D eigenvalue weighted by atomic mass is 10.00. The summed E-state index contributed by atoms with van der Waals surface area (Å²) in [5, 5.41) is 3.73. The van der Waals surface area contributed by atoms with Crippen molar-refractivity contribution in [2.45, 2.75) is 37.8 Å². The molecule has 0 aromatic carbocycles. The molecule has 2 aliphatic heterocycles. The maximum atomic E-state index is 11.0. The molecule has 2 amide bonds. The van der Waals surface area contributed by atoms with Gasteiger partial charge in [0.25, 0.3) is 0 Å². The lowest BCUT2D eigenvalue weighted by Gasteiger charge is -2.36. The summed E-state index contributed by atoms with van der Waals surface area (Å²) in [5.41, 5.74) is 5.27. The summed E-state index contributed by atoms with van der Waals surface area (Å²) in [6.07, 6.45) is 4.56. The molecule has 2 heterocycles. The van der Waals surface area contributed by atoms with Gasteiger partial charge in [0.2, 0.25) is 0 Å². The monoisotopic (exact) mass is 240 g/mol. The fourth-order valence-corrected chi connectivity index (χ4v) is 2.78. The molecule has 0 spiro atoms. The third-order valence-electron chi connectivity index (χ3n) is 4.00. The Balaban J connectivity index is 1.69. The van der Waals surface area contributed by atoms with Crippen molar-refractivity contribution in [3.8, 4) is 0 Å². The summed E-state index contributed by atoms with van der Waals surface area (Å²) in [4.78, 5) is 15.1. The average Bonchev–Trinajstić information content (AvgIpc) is 2.33. The van der Waals surface area contributed by atoms with Crippen molar-refractivity contribution in [1.82, 2.24) is 15.1 Å². The zero-order valence-electron chi connectivity index (χ0n) is 10.7. The van der Waals surface area contributed by atoms with Crippen LogP contribution in [-0.2, 0) is 0 Å². The van der Waals surface area contributed by atoms with Crippen LogP contribution >= 0.6 is 0 Å². The van der Waals surface area contributed by atoms with Crippen molar-refractivity contribution < 1.29 is 4.79 Å². The molecule has 17 heavy (non-hydrogen) atoms. The predicted molar refractivity (Wildman–Crippen MR) is 67.8 cm³/mol. The second-order valence-corrected chi connectivity index (χ2v) is 5.34. The summed E-state index contributed by atoms with van der Waals surface area (Å²) in [7, 11) is 2.18. The van der Waals surface area contributed by atoms with E-state index in [1.165, 1.54) is 25.9 Å². The van der Waals surface area contributed by atoms with Crippen molar-refractivity contribution in [1.29, 1.82) is 0 Å². The van der Waals surface area contributed by atoms with E-state index in [0.717, 1.165) is 25.9 Å². The minimum absolute atomic E-state index is 0.275. The number of urea groups is 1. The number of hydrogen-bond acceptors (Lipinski definition) is 3. The van der Waals surface area contributed by atoms with Crippen LogP contribution in [0.3, 0.4) is 0 Å². The molecule has 0 aromatic rings. The topological polar surface area (TPSA) is 61.6 Å². The van der Waals surface area contributed by atoms with E-state index < -0.39 is 0 Å². The summed E-state index contributed by atoms with van der Waals surface area (Å²) < 4.78 is 0. The Labute approximate surface area is 103 Å². The zero-order chi connectivity index (χ0) is 12.3. The molecule has 0 saturated carbocycles. The molecule has 3 N–H and O–H groups in total. The highest BCUT2D eigenvalue weighted by Gasteiger charge is 2.24. The number of nitrogens with two attached hydrogens (primary N) is 1. The van der Waals surface area contributed by atoms with Gasteiger partial charge in [0.1, 0.15) is 0 Å². The minimum atomic E-state index is -0.275. The first-order chi connectivity index (χ1) is 8.15. The van der Waals surface area contributed by atoms with Gasteiger partial charge >= 0.3 is 6.03 Å². The minimum Gasteiger partial charge on any atom is -0.351 e. The van der Waals surface area contributed by atoms with Crippen LogP contribution in [0.2, 0.25) is 0 Å². The van der Waals surface area contributed by atoms with Crippen LogP contribution in [0.5, 0.6) is 0 Å². The van der Waals surface area contributed by atoms with Gasteiger partial charge in [-0.2, -0.15) is 0 Å². The van der Waals surface area contributed by atoms with Crippen LogP contribution < -0.4 is 11.1 Å². The van der Waals surface area contributed by atoms with Crippen LogP contribution in [0, 0.1) is 0 Å². The van der Waals surface area contributed by atoms with E-state index in [1.54, 1.807) is 4.90 Å². The SMILES string of the molecule is CN1CCC(NC2CCN(C(N)=O)CC2)CC1. The third kappa shape index (κ3) is 3.57. The quantitative estimate of drug-likeness (QED) is 0.725. The average molecular weight is 240 g/mol. The van der Waals surface area contributed by atoms with Crippen LogP contribution in [0.15, 0.2) is 0 Å². The van der Waals surface area contributed by atoms with Gasteiger partial charge < -0.3 is 20.9 Å². The Morgan fingerprint density at radius 1 is 1.06 bits per heavy atom. The number of likely N-dealkylation sites (tertiary alicyclic amines) is 2. The lowest BCUT2D eigenvalue weighted by molar-refractivity contribution is 0.171. The number of nitrogens with one attached hydrogen (secondary N) is 1. The molecule has 2 saturated heterocycles. The molecule has 0 bridgehead atoms. The largest absolute Gasteiger partial charge is 0.351 e.